The Labute approximate surface area is 116 Å². The molecule has 1 heterocycles. The van der Waals surface area contributed by atoms with Crippen molar-refractivity contribution in [1.29, 1.82) is 5.26 Å². The van der Waals surface area contributed by atoms with Gasteiger partial charge < -0.3 is 5.11 Å². The average molecular weight is 269 g/mol. The predicted octanol–water partition coefficient (Wildman–Crippen LogP) is 1.93. The number of nitrogens with zero attached hydrogens (tertiary/aromatic N) is 3. The van der Waals surface area contributed by atoms with Gasteiger partial charge in [0.25, 0.3) is 5.56 Å². The van der Waals surface area contributed by atoms with E-state index in [1.54, 1.807) is 0 Å². The molecule has 102 valence electrons. The summed E-state index contributed by atoms with van der Waals surface area (Å²) >= 11 is 0. The van der Waals surface area contributed by atoms with Crippen molar-refractivity contribution in [1.82, 2.24) is 9.78 Å². The van der Waals surface area contributed by atoms with Crippen molar-refractivity contribution in [2.45, 2.75) is 27.2 Å². The molecule has 5 nitrogen and oxygen atoms in total. The Bertz CT molecular complexity index is 747. The Kier molecular flexibility index (Phi) is 3.57. The molecule has 1 aromatic carbocycles. The van der Waals surface area contributed by atoms with Crippen LogP contribution in [0.2, 0.25) is 0 Å². The highest BCUT2D eigenvalue weighted by atomic mass is 16.3. The van der Waals surface area contributed by atoms with E-state index in [2.05, 4.69) is 5.10 Å². The van der Waals surface area contributed by atoms with Gasteiger partial charge in [-0.2, -0.15) is 15.0 Å². The van der Waals surface area contributed by atoms with Crippen molar-refractivity contribution in [3.8, 4) is 17.5 Å². The molecule has 0 aliphatic heterocycles. The van der Waals surface area contributed by atoms with Gasteiger partial charge in [-0.25, -0.2) is 0 Å². The van der Waals surface area contributed by atoms with Crippen LogP contribution in [0.25, 0.3) is 5.69 Å². The minimum atomic E-state index is -0.417. The zero-order chi connectivity index (χ0) is 14.9. The van der Waals surface area contributed by atoms with Gasteiger partial charge >= 0.3 is 0 Å². The zero-order valence-corrected chi connectivity index (χ0v) is 11.6. The lowest BCUT2D eigenvalue weighted by Crippen LogP contribution is -2.23. The summed E-state index contributed by atoms with van der Waals surface area (Å²) in [6.45, 7) is 5.79. The summed E-state index contributed by atoms with van der Waals surface area (Å²) in [5.41, 5.74) is 3.43. The Morgan fingerprint density at radius 1 is 1.25 bits per heavy atom. The summed E-state index contributed by atoms with van der Waals surface area (Å²) in [5.74, 6) is -0.241. The topological polar surface area (TPSA) is 78.9 Å². The number of hydrogen-bond acceptors (Lipinski definition) is 4. The van der Waals surface area contributed by atoms with E-state index < -0.39 is 5.56 Å². The lowest BCUT2D eigenvalue weighted by atomic mass is 10.1. The summed E-state index contributed by atoms with van der Waals surface area (Å²) < 4.78 is 1.25. The third-order valence-corrected chi connectivity index (χ3v) is 3.08. The van der Waals surface area contributed by atoms with E-state index >= 15 is 0 Å². The summed E-state index contributed by atoms with van der Waals surface area (Å²) in [7, 11) is 0. The molecule has 0 unspecified atom stereocenters. The quantitative estimate of drug-likeness (QED) is 0.903. The normalized spacial score (nSPS) is 10.3. The van der Waals surface area contributed by atoms with Crippen LogP contribution in [0.4, 0.5) is 0 Å². The molecular formula is C15H15N3O2. The van der Waals surface area contributed by atoms with E-state index in [9.17, 15) is 9.90 Å². The van der Waals surface area contributed by atoms with E-state index in [4.69, 9.17) is 5.26 Å². The molecule has 2 rings (SSSR count). The van der Waals surface area contributed by atoms with Crippen LogP contribution >= 0.6 is 0 Å². The molecule has 1 N–H and O–H groups in total. The van der Waals surface area contributed by atoms with Crippen LogP contribution in [0.15, 0.2) is 23.0 Å². The summed E-state index contributed by atoms with van der Waals surface area (Å²) in [6, 6.07) is 6.95. The maximum atomic E-state index is 12.0. The Hall–Kier alpha value is -2.61. The van der Waals surface area contributed by atoms with Crippen molar-refractivity contribution in [3.05, 3.63) is 50.9 Å². The molecule has 0 spiro atoms. The third-order valence-electron chi connectivity index (χ3n) is 3.08. The van der Waals surface area contributed by atoms with Gasteiger partial charge in [-0.3, -0.25) is 4.79 Å². The molecule has 0 radical (unpaired) electrons. The molecule has 5 heteroatoms. The first kappa shape index (κ1) is 13.8. The third kappa shape index (κ3) is 2.41. The van der Waals surface area contributed by atoms with Gasteiger partial charge in [-0.1, -0.05) is 17.7 Å². The van der Waals surface area contributed by atoms with E-state index in [1.165, 1.54) is 4.68 Å². The molecule has 0 atom stereocenters. The first-order chi connectivity index (χ1) is 9.43. The van der Waals surface area contributed by atoms with Gasteiger partial charge in [0, 0.05) is 6.07 Å². The second kappa shape index (κ2) is 5.17. The monoisotopic (exact) mass is 269 g/mol. The SMILES string of the molecule is Cc1cc(C)c(-n2nc(CC#N)c(O)cc2=O)c(C)c1. The first-order valence-corrected chi connectivity index (χ1v) is 6.21. The van der Waals surface area contributed by atoms with E-state index in [-0.39, 0.29) is 17.9 Å². The van der Waals surface area contributed by atoms with E-state index in [0.29, 0.717) is 5.69 Å². The van der Waals surface area contributed by atoms with Crippen molar-refractivity contribution >= 4 is 0 Å². The van der Waals surface area contributed by atoms with Crippen molar-refractivity contribution < 1.29 is 5.11 Å². The number of aryl methyl sites for hydroxylation is 3. The Morgan fingerprint density at radius 3 is 2.40 bits per heavy atom. The predicted molar refractivity (Wildman–Crippen MR) is 75.0 cm³/mol. The molecule has 0 saturated carbocycles. The zero-order valence-electron chi connectivity index (χ0n) is 11.6. The van der Waals surface area contributed by atoms with Gasteiger partial charge in [0.1, 0.15) is 11.4 Å². The first-order valence-electron chi connectivity index (χ1n) is 6.21. The summed E-state index contributed by atoms with van der Waals surface area (Å²) in [5, 5.41) is 22.5. The fraction of sp³-hybridized carbons (Fsp3) is 0.267. The highest BCUT2D eigenvalue weighted by Crippen LogP contribution is 2.20. The van der Waals surface area contributed by atoms with Crippen molar-refractivity contribution in [2.75, 3.05) is 0 Å². The minimum Gasteiger partial charge on any atom is -0.506 e. The van der Waals surface area contributed by atoms with Crippen molar-refractivity contribution in [3.63, 3.8) is 0 Å². The molecule has 0 aliphatic rings. The number of aromatic hydroxyl groups is 1. The molecule has 0 saturated heterocycles. The highest BCUT2D eigenvalue weighted by Gasteiger charge is 2.13. The largest absolute Gasteiger partial charge is 0.506 e. The number of benzene rings is 1. The van der Waals surface area contributed by atoms with E-state index in [0.717, 1.165) is 22.8 Å². The fourth-order valence-corrected chi connectivity index (χ4v) is 2.35. The molecule has 0 fully saturated rings. The molecule has 0 aliphatic carbocycles. The molecule has 0 amide bonds. The molecule has 1 aromatic heterocycles. The standard InChI is InChI=1S/C15H15N3O2/c1-9-6-10(2)15(11(3)7-9)18-14(20)8-13(19)12(17-18)4-5-16/h6-8,19H,4H2,1-3H3. The van der Waals surface area contributed by atoms with Crippen LogP contribution in [0.1, 0.15) is 22.4 Å². The lowest BCUT2D eigenvalue weighted by molar-refractivity contribution is 0.459. The fourth-order valence-electron chi connectivity index (χ4n) is 2.35. The smallest absolute Gasteiger partial charge is 0.275 e. The minimum absolute atomic E-state index is 0.0456. The second-order valence-electron chi connectivity index (χ2n) is 4.81. The second-order valence-corrected chi connectivity index (χ2v) is 4.81. The van der Waals surface area contributed by atoms with Gasteiger partial charge in [0.05, 0.1) is 18.2 Å². The van der Waals surface area contributed by atoms with Gasteiger partial charge in [0.15, 0.2) is 0 Å². The molecule has 0 bridgehead atoms. The van der Waals surface area contributed by atoms with Crippen molar-refractivity contribution in [2.24, 2.45) is 0 Å². The summed E-state index contributed by atoms with van der Waals surface area (Å²) in [6.07, 6.45) is -0.0456. The van der Waals surface area contributed by atoms with Gasteiger partial charge in [-0.15, -0.1) is 0 Å². The Balaban J connectivity index is 2.74. The maximum Gasteiger partial charge on any atom is 0.275 e. The van der Waals surface area contributed by atoms with Gasteiger partial charge in [-0.05, 0) is 31.9 Å². The molecular weight excluding hydrogens is 254 g/mol. The van der Waals surface area contributed by atoms with Crippen LogP contribution in [-0.2, 0) is 6.42 Å². The maximum absolute atomic E-state index is 12.0. The Morgan fingerprint density at radius 2 is 1.85 bits per heavy atom. The van der Waals surface area contributed by atoms with Crippen LogP contribution in [0.3, 0.4) is 0 Å². The van der Waals surface area contributed by atoms with E-state index in [1.807, 2.05) is 39.0 Å². The number of hydrogen-bond donors (Lipinski definition) is 1. The number of aromatic nitrogens is 2. The molecule has 2 aromatic rings. The van der Waals surface area contributed by atoms with Crippen LogP contribution in [0.5, 0.6) is 5.75 Å². The summed E-state index contributed by atoms with van der Waals surface area (Å²) in [4.78, 5) is 12.0. The van der Waals surface area contributed by atoms with Gasteiger partial charge in [0.2, 0.25) is 0 Å². The number of nitriles is 1. The van der Waals surface area contributed by atoms with Crippen LogP contribution < -0.4 is 5.56 Å². The van der Waals surface area contributed by atoms with Crippen LogP contribution in [-0.4, -0.2) is 14.9 Å². The molecule has 20 heavy (non-hydrogen) atoms. The average Bonchev–Trinajstić information content (AvgIpc) is 2.33. The highest BCUT2D eigenvalue weighted by molar-refractivity contribution is 5.49. The van der Waals surface area contributed by atoms with Crippen LogP contribution in [0, 0.1) is 32.1 Å². The lowest BCUT2D eigenvalue weighted by Gasteiger charge is -2.13. The number of rotatable bonds is 2.